The number of rotatable bonds is 5. The van der Waals surface area contributed by atoms with Crippen molar-refractivity contribution in [3.05, 3.63) is 71.0 Å². The Morgan fingerprint density at radius 1 is 1.00 bits per heavy atom. The van der Waals surface area contributed by atoms with Crippen LogP contribution in [0.25, 0.3) is 10.6 Å². The number of hydrogen-bond donors (Lipinski definition) is 0. The van der Waals surface area contributed by atoms with Crippen LogP contribution in [0.5, 0.6) is 0 Å². The van der Waals surface area contributed by atoms with Gasteiger partial charge in [-0.25, -0.2) is 26.6 Å². The lowest BCUT2D eigenvalue weighted by molar-refractivity contribution is -0.131. The van der Waals surface area contributed by atoms with Gasteiger partial charge in [0.2, 0.25) is 15.9 Å². The minimum absolute atomic E-state index is 0.00347. The molecule has 0 aliphatic carbocycles. The van der Waals surface area contributed by atoms with E-state index in [9.17, 15) is 26.4 Å². The van der Waals surface area contributed by atoms with E-state index in [4.69, 9.17) is 0 Å². The fourth-order valence-corrected chi connectivity index (χ4v) is 5.69. The van der Waals surface area contributed by atoms with E-state index in [0.29, 0.717) is 22.3 Å². The van der Waals surface area contributed by atoms with Crippen LogP contribution in [0.15, 0.2) is 52.7 Å². The molecule has 168 valence electrons. The summed E-state index contributed by atoms with van der Waals surface area (Å²) >= 11 is 1.31. The lowest BCUT2D eigenvalue weighted by Crippen LogP contribution is -2.51. The molecular formula is C21H18F3N3O3S2. The molecule has 0 bridgehead atoms. The highest BCUT2D eigenvalue weighted by Gasteiger charge is 2.32. The van der Waals surface area contributed by atoms with Crippen LogP contribution >= 0.6 is 11.3 Å². The second-order valence-corrected chi connectivity index (χ2v) is 9.96. The summed E-state index contributed by atoms with van der Waals surface area (Å²) in [6, 6.07) is 8.34. The number of carbonyl (C=O) groups is 1. The molecule has 0 atom stereocenters. The van der Waals surface area contributed by atoms with Gasteiger partial charge in [0.1, 0.15) is 27.4 Å². The molecule has 32 heavy (non-hydrogen) atoms. The number of hydrogen-bond acceptors (Lipinski definition) is 5. The van der Waals surface area contributed by atoms with Crippen LogP contribution in [0, 0.1) is 17.5 Å². The predicted octanol–water partition coefficient (Wildman–Crippen LogP) is 3.30. The first-order valence-corrected chi connectivity index (χ1v) is 12.0. The summed E-state index contributed by atoms with van der Waals surface area (Å²) in [6.45, 7) is 0.274. The molecule has 1 aliphatic rings. The predicted molar refractivity (Wildman–Crippen MR) is 113 cm³/mol. The summed E-state index contributed by atoms with van der Waals surface area (Å²) in [7, 11) is -4.14. The summed E-state index contributed by atoms with van der Waals surface area (Å²) in [5.74, 6) is -2.60. The van der Waals surface area contributed by atoms with Crippen molar-refractivity contribution in [1.29, 1.82) is 0 Å². The number of thiazole rings is 1. The zero-order chi connectivity index (χ0) is 22.9. The fourth-order valence-electron chi connectivity index (χ4n) is 3.41. The highest BCUT2D eigenvalue weighted by molar-refractivity contribution is 7.89. The summed E-state index contributed by atoms with van der Waals surface area (Å²) < 4.78 is 66.9. The largest absolute Gasteiger partial charge is 0.340 e. The van der Waals surface area contributed by atoms with Gasteiger partial charge >= 0.3 is 0 Å². The lowest BCUT2D eigenvalue weighted by Gasteiger charge is -2.34. The quantitative estimate of drug-likeness (QED) is 0.561. The molecule has 4 rings (SSSR count). The van der Waals surface area contributed by atoms with Gasteiger partial charge in [0.25, 0.3) is 0 Å². The second-order valence-electron chi connectivity index (χ2n) is 7.19. The van der Waals surface area contributed by atoms with Crippen molar-refractivity contribution >= 4 is 27.3 Å². The third-order valence-corrected chi connectivity index (χ3v) is 7.93. The Morgan fingerprint density at radius 2 is 1.72 bits per heavy atom. The Hall–Kier alpha value is -2.76. The van der Waals surface area contributed by atoms with E-state index in [2.05, 4.69) is 4.98 Å². The first-order valence-electron chi connectivity index (χ1n) is 9.67. The van der Waals surface area contributed by atoms with Gasteiger partial charge in [-0.05, 0) is 24.3 Å². The van der Waals surface area contributed by atoms with Gasteiger partial charge in [-0.3, -0.25) is 4.79 Å². The Balaban J connectivity index is 1.38. The van der Waals surface area contributed by atoms with E-state index in [-0.39, 0.29) is 44.3 Å². The van der Waals surface area contributed by atoms with E-state index in [0.717, 1.165) is 16.4 Å². The zero-order valence-electron chi connectivity index (χ0n) is 16.7. The van der Waals surface area contributed by atoms with E-state index >= 15 is 0 Å². The molecule has 0 N–H and O–H groups in total. The van der Waals surface area contributed by atoms with Crippen molar-refractivity contribution in [1.82, 2.24) is 14.2 Å². The highest BCUT2D eigenvalue weighted by Crippen LogP contribution is 2.25. The first-order chi connectivity index (χ1) is 15.2. The number of benzene rings is 2. The van der Waals surface area contributed by atoms with Gasteiger partial charge in [0.15, 0.2) is 0 Å². The first kappa shape index (κ1) is 22.4. The average molecular weight is 482 g/mol. The van der Waals surface area contributed by atoms with Crippen LogP contribution in [-0.2, 0) is 21.2 Å². The standard InChI is InChI=1S/C21H18F3N3O3S2/c22-15-3-1-2-14(10-15)21-25-17(13-31-21)12-20(28)26-6-8-27(9-7-26)32(29,30)19-5-4-16(23)11-18(19)24/h1-5,10-11,13H,6-9,12H2. The maximum Gasteiger partial charge on any atom is 0.246 e. The van der Waals surface area contributed by atoms with Crippen molar-refractivity contribution in [3.8, 4) is 10.6 Å². The fraction of sp³-hybridized carbons (Fsp3) is 0.238. The van der Waals surface area contributed by atoms with E-state index in [1.54, 1.807) is 17.5 Å². The van der Waals surface area contributed by atoms with Gasteiger partial charge in [0.05, 0.1) is 12.1 Å². The Bertz CT molecular complexity index is 1260. The normalized spacial score (nSPS) is 15.2. The molecule has 11 heteroatoms. The summed E-state index contributed by atoms with van der Waals surface area (Å²) in [5.41, 5.74) is 1.17. The lowest BCUT2D eigenvalue weighted by atomic mass is 10.2. The second kappa shape index (κ2) is 9.00. The smallest absolute Gasteiger partial charge is 0.246 e. The zero-order valence-corrected chi connectivity index (χ0v) is 18.3. The monoisotopic (exact) mass is 481 g/mol. The Labute approximate surface area is 187 Å². The molecule has 6 nitrogen and oxygen atoms in total. The van der Waals surface area contributed by atoms with Gasteiger partial charge in [-0.1, -0.05) is 12.1 Å². The number of aromatic nitrogens is 1. The van der Waals surface area contributed by atoms with Gasteiger partial charge in [-0.2, -0.15) is 4.31 Å². The van der Waals surface area contributed by atoms with Crippen LogP contribution in [0.4, 0.5) is 13.2 Å². The topological polar surface area (TPSA) is 70.6 Å². The van der Waals surface area contributed by atoms with Crippen LogP contribution in [0.1, 0.15) is 5.69 Å². The number of halogens is 3. The molecule has 1 amide bonds. The Kier molecular flexibility index (Phi) is 6.31. The third-order valence-electron chi connectivity index (χ3n) is 5.06. The third kappa shape index (κ3) is 4.69. The molecular weight excluding hydrogens is 463 g/mol. The number of sulfonamides is 1. The number of piperazine rings is 1. The van der Waals surface area contributed by atoms with Crippen molar-refractivity contribution < 1.29 is 26.4 Å². The maximum absolute atomic E-state index is 14.0. The molecule has 1 aliphatic heterocycles. The SMILES string of the molecule is O=C(Cc1csc(-c2cccc(F)c2)n1)N1CCN(S(=O)(=O)c2ccc(F)cc2F)CC1. The maximum atomic E-state index is 14.0. The van der Waals surface area contributed by atoms with E-state index in [1.807, 2.05) is 0 Å². The molecule has 1 saturated heterocycles. The molecule has 0 spiro atoms. The summed E-state index contributed by atoms with van der Waals surface area (Å²) in [5, 5.41) is 2.33. The molecule has 0 saturated carbocycles. The van der Waals surface area contributed by atoms with Crippen LogP contribution < -0.4 is 0 Å². The number of nitrogens with zero attached hydrogens (tertiary/aromatic N) is 3. The highest BCUT2D eigenvalue weighted by atomic mass is 32.2. The van der Waals surface area contributed by atoms with Crippen molar-refractivity contribution in [2.45, 2.75) is 11.3 Å². The van der Waals surface area contributed by atoms with Crippen molar-refractivity contribution in [2.75, 3.05) is 26.2 Å². The molecule has 1 aromatic heterocycles. The minimum Gasteiger partial charge on any atom is -0.340 e. The average Bonchev–Trinajstić information content (AvgIpc) is 3.22. The number of amides is 1. The van der Waals surface area contributed by atoms with Crippen molar-refractivity contribution in [2.24, 2.45) is 0 Å². The molecule has 2 aromatic carbocycles. The van der Waals surface area contributed by atoms with Gasteiger partial charge < -0.3 is 4.90 Å². The van der Waals surface area contributed by atoms with Crippen molar-refractivity contribution in [3.63, 3.8) is 0 Å². The summed E-state index contributed by atoms with van der Waals surface area (Å²) in [4.78, 5) is 18.0. The van der Waals surface area contributed by atoms with E-state index in [1.165, 1.54) is 28.4 Å². The minimum atomic E-state index is -4.14. The molecule has 0 unspecified atom stereocenters. The summed E-state index contributed by atoms with van der Waals surface area (Å²) in [6.07, 6.45) is 0.0329. The molecule has 3 aromatic rings. The Morgan fingerprint density at radius 3 is 2.41 bits per heavy atom. The van der Waals surface area contributed by atoms with Gasteiger partial charge in [-0.15, -0.1) is 11.3 Å². The van der Waals surface area contributed by atoms with Crippen LogP contribution in [-0.4, -0.2) is 54.7 Å². The van der Waals surface area contributed by atoms with Gasteiger partial charge in [0, 0.05) is 43.2 Å². The number of carbonyl (C=O) groups excluding carboxylic acids is 1. The molecule has 2 heterocycles. The van der Waals surface area contributed by atoms with E-state index < -0.39 is 26.6 Å². The van der Waals surface area contributed by atoms with Crippen LogP contribution in [0.3, 0.4) is 0 Å². The molecule has 0 radical (unpaired) electrons. The molecule has 1 fully saturated rings. The van der Waals surface area contributed by atoms with Crippen LogP contribution in [0.2, 0.25) is 0 Å².